The molecule has 2 aromatic rings. The lowest BCUT2D eigenvalue weighted by Gasteiger charge is -2.36. The van der Waals surface area contributed by atoms with Gasteiger partial charge in [0, 0.05) is 19.6 Å². The molecule has 0 radical (unpaired) electrons. The van der Waals surface area contributed by atoms with Crippen molar-refractivity contribution in [2.24, 2.45) is 11.8 Å². The average molecular weight is 408 g/mol. The summed E-state index contributed by atoms with van der Waals surface area (Å²) in [5.41, 5.74) is 1.98. The minimum Gasteiger partial charge on any atom is -0.355 e. The van der Waals surface area contributed by atoms with Crippen molar-refractivity contribution in [3.05, 3.63) is 30.0 Å². The standard InChI is InChI=1S/C24H33N5O/c1-4-5-6-9-12-26-24(30)19(14-25)22-23(29-15-17(2)13-18(3)16-29)28-21-11-8-7-10-20(21)27-22/h7-8,10-11,17-19H,4-6,9,12-13,15-16H2,1-3H3,(H,26,30)/t17-,18+,19-/m0/s1. The second-order valence-corrected chi connectivity index (χ2v) is 8.69. The Morgan fingerprint density at radius 1 is 1.17 bits per heavy atom. The number of hydrogen-bond acceptors (Lipinski definition) is 5. The Bertz CT molecular complexity index is 896. The quantitative estimate of drug-likeness (QED) is 0.655. The Labute approximate surface area is 179 Å². The third kappa shape index (κ3) is 5.27. The van der Waals surface area contributed by atoms with Gasteiger partial charge in [-0.1, -0.05) is 52.2 Å². The zero-order valence-electron chi connectivity index (χ0n) is 18.4. The van der Waals surface area contributed by atoms with Crippen LogP contribution in [0.5, 0.6) is 0 Å². The van der Waals surface area contributed by atoms with E-state index in [9.17, 15) is 10.1 Å². The van der Waals surface area contributed by atoms with E-state index < -0.39 is 5.92 Å². The van der Waals surface area contributed by atoms with Crippen molar-refractivity contribution in [2.75, 3.05) is 24.5 Å². The van der Waals surface area contributed by atoms with Gasteiger partial charge in [-0.2, -0.15) is 5.26 Å². The number of unbranched alkanes of at least 4 members (excludes halogenated alkanes) is 3. The molecule has 1 fully saturated rings. The molecule has 0 aliphatic carbocycles. The van der Waals surface area contributed by atoms with Crippen LogP contribution in [-0.4, -0.2) is 35.5 Å². The highest BCUT2D eigenvalue weighted by Gasteiger charge is 2.31. The molecule has 1 aromatic carbocycles. The van der Waals surface area contributed by atoms with Crippen LogP contribution in [0.3, 0.4) is 0 Å². The van der Waals surface area contributed by atoms with E-state index in [2.05, 4.69) is 37.1 Å². The van der Waals surface area contributed by atoms with E-state index in [-0.39, 0.29) is 5.91 Å². The van der Waals surface area contributed by atoms with Gasteiger partial charge in [0.25, 0.3) is 0 Å². The topological polar surface area (TPSA) is 81.9 Å². The fourth-order valence-corrected chi connectivity index (χ4v) is 4.38. The zero-order chi connectivity index (χ0) is 21.5. The number of fused-ring (bicyclic) bond motifs is 1. The number of rotatable bonds is 8. The molecule has 2 heterocycles. The maximum absolute atomic E-state index is 12.9. The van der Waals surface area contributed by atoms with E-state index in [0.29, 0.717) is 35.4 Å². The van der Waals surface area contributed by atoms with Crippen molar-refractivity contribution in [2.45, 2.75) is 58.8 Å². The SMILES string of the molecule is CCCCCCNC(=O)[C@@H](C#N)c1nc2ccccc2nc1N1C[C@H](C)C[C@H](C)C1. The number of aromatic nitrogens is 2. The van der Waals surface area contributed by atoms with Crippen molar-refractivity contribution in [1.29, 1.82) is 5.26 Å². The van der Waals surface area contributed by atoms with Gasteiger partial charge in [0.05, 0.1) is 17.1 Å². The smallest absolute Gasteiger partial charge is 0.243 e. The Kier molecular flexibility index (Phi) is 7.62. The van der Waals surface area contributed by atoms with E-state index in [1.165, 1.54) is 6.42 Å². The molecule has 0 spiro atoms. The first-order valence-electron chi connectivity index (χ1n) is 11.2. The van der Waals surface area contributed by atoms with E-state index in [1.807, 2.05) is 24.3 Å². The van der Waals surface area contributed by atoms with Crippen LogP contribution < -0.4 is 10.2 Å². The predicted octanol–water partition coefficient (Wildman–Crippen LogP) is 4.42. The Morgan fingerprint density at radius 3 is 2.47 bits per heavy atom. The second-order valence-electron chi connectivity index (χ2n) is 8.69. The van der Waals surface area contributed by atoms with Crippen LogP contribution in [0.4, 0.5) is 5.82 Å². The van der Waals surface area contributed by atoms with Crippen molar-refractivity contribution in [3.8, 4) is 6.07 Å². The van der Waals surface area contributed by atoms with Gasteiger partial charge >= 0.3 is 0 Å². The van der Waals surface area contributed by atoms with Crippen LogP contribution in [0, 0.1) is 23.2 Å². The first kappa shape index (κ1) is 22.0. The van der Waals surface area contributed by atoms with Crippen LogP contribution in [0.15, 0.2) is 24.3 Å². The van der Waals surface area contributed by atoms with Gasteiger partial charge < -0.3 is 10.2 Å². The lowest BCUT2D eigenvalue weighted by molar-refractivity contribution is -0.121. The highest BCUT2D eigenvalue weighted by atomic mass is 16.1. The van der Waals surface area contributed by atoms with Crippen molar-refractivity contribution in [3.63, 3.8) is 0 Å². The number of benzene rings is 1. The van der Waals surface area contributed by atoms with Crippen LogP contribution in [0.25, 0.3) is 11.0 Å². The molecule has 1 N–H and O–H groups in total. The number of carbonyl (C=O) groups excluding carboxylic acids is 1. The monoisotopic (exact) mass is 407 g/mol. The second kappa shape index (κ2) is 10.4. The molecule has 0 bridgehead atoms. The maximum Gasteiger partial charge on any atom is 0.243 e. The summed E-state index contributed by atoms with van der Waals surface area (Å²) in [6.07, 6.45) is 5.49. The molecule has 1 aliphatic heterocycles. The summed E-state index contributed by atoms with van der Waals surface area (Å²) in [6, 6.07) is 9.85. The third-order valence-electron chi connectivity index (χ3n) is 5.74. The van der Waals surface area contributed by atoms with Crippen LogP contribution in [-0.2, 0) is 4.79 Å². The molecule has 1 aliphatic rings. The number of anilines is 1. The van der Waals surface area contributed by atoms with E-state index >= 15 is 0 Å². The molecule has 0 unspecified atom stereocenters. The Balaban J connectivity index is 1.91. The lowest BCUT2D eigenvalue weighted by atomic mass is 9.91. The Morgan fingerprint density at radius 2 is 1.83 bits per heavy atom. The van der Waals surface area contributed by atoms with Gasteiger partial charge in [0.2, 0.25) is 5.91 Å². The number of nitrogens with one attached hydrogen (secondary N) is 1. The van der Waals surface area contributed by atoms with Crippen molar-refractivity contribution >= 4 is 22.8 Å². The highest BCUT2D eigenvalue weighted by Crippen LogP contribution is 2.31. The van der Waals surface area contributed by atoms with Crippen molar-refractivity contribution in [1.82, 2.24) is 15.3 Å². The summed E-state index contributed by atoms with van der Waals surface area (Å²) < 4.78 is 0. The number of piperidine rings is 1. The fraction of sp³-hybridized carbons (Fsp3) is 0.583. The van der Waals surface area contributed by atoms with Crippen LogP contribution in [0.2, 0.25) is 0 Å². The maximum atomic E-state index is 12.9. The van der Waals surface area contributed by atoms with Crippen LogP contribution >= 0.6 is 0 Å². The first-order chi connectivity index (χ1) is 14.5. The summed E-state index contributed by atoms with van der Waals surface area (Å²) in [6.45, 7) is 8.95. The molecule has 3 rings (SSSR count). The fourth-order valence-electron chi connectivity index (χ4n) is 4.38. The lowest BCUT2D eigenvalue weighted by Crippen LogP contribution is -2.40. The van der Waals surface area contributed by atoms with E-state index in [0.717, 1.165) is 44.3 Å². The molecular formula is C24H33N5O. The van der Waals surface area contributed by atoms with Gasteiger partial charge in [0.1, 0.15) is 5.69 Å². The third-order valence-corrected chi connectivity index (χ3v) is 5.74. The molecule has 1 amide bonds. The van der Waals surface area contributed by atoms with Gasteiger partial charge in [-0.3, -0.25) is 4.79 Å². The largest absolute Gasteiger partial charge is 0.355 e. The molecule has 160 valence electrons. The molecule has 3 atom stereocenters. The predicted molar refractivity (Wildman–Crippen MR) is 120 cm³/mol. The normalized spacial score (nSPS) is 20.0. The molecule has 1 aromatic heterocycles. The van der Waals surface area contributed by atoms with Gasteiger partial charge in [0.15, 0.2) is 11.7 Å². The molecule has 6 nitrogen and oxygen atoms in total. The number of para-hydroxylation sites is 2. The van der Waals surface area contributed by atoms with Gasteiger partial charge in [-0.05, 0) is 36.8 Å². The van der Waals surface area contributed by atoms with E-state index in [4.69, 9.17) is 9.97 Å². The summed E-state index contributed by atoms with van der Waals surface area (Å²) >= 11 is 0. The van der Waals surface area contributed by atoms with Crippen molar-refractivity contribution < 1.29 is 4.79 Å². The summed E-state index contributed by atoms with van der Waals surface area (Å²) in [5.74, 6) is 0.499. The summed E-state index contributed by atoms with van der Waals surface area (Å²) in [4.78, 5) is 24.7. The van der Waals surface area contributed by atoms with Crippen LogP contribution in [0.1, 0.15) is 64.5 Å². The average Bonchev–Trinajstić information content (AvgIpc) is 2.73. The summed E-state index contributed by atoms with van der Waals surface area (Å²) in [5, 5.41) is 12.8. The number of carbonyl (C=O) groups is 1. The minimum atomic E-state index is -0.962. The number of hydrogen-bond donors (Lipinski definition) is 1. The molecule has 1 saturated heterocycles. The zero-order valence-corrected chi connectivity index (χ0v) is 18.4. The molecule has 30 heavy (non-hydrogen) atoms. The minimum absolute atomic E-state index is 0.280. The molecular weight excluding hydrogens is 374 g/mol. The number of nitrogens with zero attached hydrogens (tertiary/aromatic N) is 4. The number of amides is 1. The van der Waals surface area contributed by atoms with E-state index in [1.54, 1.807) is 0 Å². The first-order valence-corrected chi connectivity index (χ1v) is 11.2. The summed E-state index contributed by atoms with van der Waals surface area (Å²) in [7, 11) is 0. The Hall–Kier alpha value is -2.68. The molecule has 0 saturated carbocycles. The number of nitriles is 1. The highest BCUT2D eigenvalue weighted by molar-refractivity contribution is 5.88. The molecule has 6 heteroatoms. The van der Waals surface area contributed by atoms with Gasteiger partial charge in [-0.25, -0.2) is 9.97 Å². The van der Waals surface area contributed by atoms with Gasteiger partial charge in [-0.15, -0.1) is 0 Å².